The molecule has 1 rings (SSSR count). The normalized spacial score (nSPS) is 10.7. The van der Waals surface area contributed by atoms with Crippen molar-refractivity contribution in [1.82, 2.24) is 4.98 Å². The van der Waals surface area contributed by atoms with Crippen molar-refractivity contribution in [2.24, 2.45) is 0 Å². The van der Waals surface area contributed by atoms with Crippen molar-refractivity contribution in [3.63, 3.8) is 0 Å². The summed E-state index contributed by atoms with van der Waals surface area (Å²) in [5.74, 6) is -3.27. The SMILES string of the molecule is Nc1ncc(CC(=O)O)c(F)c1C(F)F. The molecule has 0 fully saturated rings. The average molecular weight is 220 g/mol. The van der Waals surface area contributed by atoms with E-state index in [0.29, 0.717) is 0 Å². The van der Waals surface area contributed by atoms with E-state index in [0.717, 1.165) is 6.20 Å². The summed E-state index contributed by atoms with van der Waals surface area (Å²) >= 11 is 0. The van der Waals surface area contributed by atoms with Gasteiger partial charge >= 0.3 is 5.97 Å². The van der Waals surface area contributed by atoms with Crippen LogP contribution in [0.15, 0.2) is 6.20 Å². The van der Waals surface area contributed by atoms with E-state index in [1.54, 1.807) is 0 Å². The molecule has 3 N–H and O–H groups in total. The topological polar surface area (TPSA) is 76.2 Å². The highest BCUT2D eigenvalue weighted by Crippen LogP contribution is 2.28. The molecule has 1 aromatic heterocycles. The number of carbonyl (C=O) groups is 1. The molecule has 82 valence electrons. The Morgan fingerprint density at radius 3 is 2.67 bits per heavy atom. The van der Waals surface area contributed by atoms with Gasteiger partial charge in [0, 0.05) is 11.8 Å². The Morgan fingerprint density at radius 2 is 2.20 bits per heavy atom. The Bertz CT molecular complexity index is 396. The van der Waals surface area contributed by atoms with Crippen LogP contribution in [-0.2, 0) is 11.2 Å². The first-order chi connectivity index (χ1) is 6.93. The highest BCUT2D eigenvalue weighted by atomic mass is 19.3. The number of hydrogen-bond acceptors (Lipinski definition) is 3. The van der Waals surface area contributed by atoms with Gasteiger partial charge in [0.25, 0.3) is 6.43 Å². The molecule has 0 aromatic carbocycles. The smallest absolute Gasteiger partial charge is 0.307 e. The molecule has 0 bridgehead atoms. The molecule has 0 spiro atoms. The van der Waals surface area contributed by atoms with Gasteiger partial charge in [0.1, 0.15) is 11.6 Å². The summed E-state index contributed by atoms with van der Waals surface area (Å²) in [5, 5.41) is 8.38. The monoisotopic (exact) mass is 220 g/mol. The van der Waals surface area contributed by atoms with Crippen LogP contribution in [0, 0.1) is 5.82 Å². The van der Waals surface area contributed by atoms with Gasteiger partial charge in [-0.3, -0.25) is 4.79 Å². The van der Waals surface area contributed by atoms with Gasteiger partial charge in [0.05, 0.1) is 12.0 Å². The van der Waals surface area contributed by atoms with E-state index in [9.17, 15) is 18.0 Å². The largest absolute Gasteiger partial charge is 0.481 e. The summed E-state index contributed by atoms with van der Waals surface area (Å²) in [5.41, 5.74) is 3.59. The number of nitrogen functional groups attached to an aromatic ring is 1. The maximum Gasteiger partial charge on any atom is 0.307 e. The van der Waals surface area contributed by atoms with Crippen molar-refractivity contribution in [3.8, 4) is 0 Å². The van der Waals surface area contributed by atoms with Crippen molar-refractivity contribution in [1.29, 1.82) is 0 Å². The molecule has 0 aliphatic rings. The maximum atomic E-state index is 13.3. The number of rotatable bonds is 3. The van der Waals surface area contributed by atoms with E-state index < -0.39 is 41.6 Å². The van der Waals surface area contributed by atoms with Crippen molar-refractivity contribution in [3.05, 3.63) is 23.1 Å². The van der Waals surface area contributed by atoms with Gasteiger partial charge < -0.3 is 10.8 Å². The van der Waals surface area contributed by atoms with Crippen molar-refractivity contribution < 1.29 is 23.1 Å². The van der Waals surface area contributed by atoms with E-state index in [-0.39, 0.29) is 0 Å². The molecule has 7 heteroatoms. The quantitative estimate of drug-likeness (QED) is 0.806. The Hall–Kier alpha value is -1.79. The summed E-state index contributed by atoms with van der Waals surface area (Å²) < 4.78 is 37.9. The van der Waals surface area contributed by atoms with Crippen LogP contribution >= 0.6 is 0 Å². The molecule has 0 aliphatic carbocycles. The van der Waals surface area contributed by atoms with E-state index in [4.69, 9.17) is 10.8 Å². The lowest BCUT2D eigenvalue weighted by Gasteiger charge is -2.07. The second-order valence-electron chi connectivity index (χ2n) is 2.77. The number of nitrogens with two attached hydrogens (primary N) is 1. The lowest BCUT2D eigenvalue weighted by atomic mass is 10.1. The third-order valence-electron chi connectivity index (χ3n) is 1.71. The summed E-state index contributed by atoms with van der Waals surface area (Å²) in [7, 11) is 0. The van der Waals surface area contributed by atoms with Crippen molar-refractivity contribution >= 4 is 11.8 Å². The van der Waals surface area contributed by atoms with Crippen LogP contribution < -0.4 is 5.73 Å². The predicted molar refractivity (Wildman–Crippen MR) is 44.9 cm³/mol. The van der Waals surface area contributed by atoms with Gasteiger partial charge in [-0.1, -0.05) is 0 Å². The molecule has 1 heterocycles. The fourth-order valence-corrected chi connectivity index (χ4v) is 1.05. The van der Waals surface area contributed by atoms with Gasteiger partial charge in [-0.2, -0.15) is 0 Å². The molecule has 1 aromatic rings. The highest BCUT2D eigenvalue weighted by molar-refractivity contribution is 5.70. The number of halogens is 3. The first-order valence-electron chi connectivity index (χ1n) is 3.86. The number of anilines is 1. The van der Waals surface area contributed by atoms with E-state index >= 15 is 0 Å². The lowest BCUT2D eigenvalue weighted by Crippen LogP contribution is -2.09. The number of carboxylic acids is 1. The molecule has 0 aliphatic heterocycles. The molecule has 0 unspecified atom stereocenters. The van der Waals surface area contributed by atoms with Gasteiger partial charge in [-0.05, 0) is 0 Å². The van der Waals surface area contributed by atoms with Crippen LogP contribution in [0.5, 0.6) is 0 Å². The second-order valence-corrected chi connectivity index (χ2v) is 2.77. The average Bonchev–Trinajstić information content (AvgIpc) is 2.09. The standard InChI is InChI=1S/C8H7F3N2O2/c9-6-3(1-4(14)15)2-13-8(12)5(6)7(10)11/h2,7H,1H2,(H2,12,13)(H,14,15). The zero-order valence-corrected chi connectivity index (χ0v) is 7.38. The minimum absolute atomic E-state index is 0.410. The van der Waals surface area contributed by atoms with Crippen LogP contribution in [0.3, 0.4) is 0 Å². The van der Waals surface area contributed by atoms with Gasteiger partial charge in [-0.25, -0.2) is 18.2 Å². The second kappa shape index (κ2) is 4.16. The minimum atomic E-state index is -3.12. The lowest BCUT2D eigenvalue weighted by molar-refractivity contribution is -0.136. The molecular formula is C8H7F3N2O2. The van der Waals surface area contributed by atoms with Crippen molar-refractivity contribution in [2.45, 2.75) is 12.8 Å². The Kier molecular flexibility index (Phi) is 3.13. The third-order valence-corrected chi connectivity index (χ3v) is 1.71. The summed E-state index contributed by atoms with van der Waals surface area (Å²) in [6.07, 6.45) is -2.99. The minimum Gasteiger partial charge on any atom is -0.481 e. The summed E-state index contributed by atoms with van der Waals surface area (Å²) in [4.78, 5) is 13.6. The molecule has 0 amide bonds. The zero-order chi connectivity index (χ0) is 11.6. The van der Waals surface area contributed by atoms with Crippen molar-refractivity contribution in [2.75, 3.05) is 5.73 Å². The Morgan fingerprint density at radius 1 is 1.60 bits per heavy atom. The molecule has 0 radical (unpaired) electrons. The van der Waals surface area contributed by atoms with Crippen LogP contribution in [0.2, 0.25) is 0 Å². The summed E-state index contributed by atoms with van der Waals surface area (Å²) in [6.45, 7) is 0. The number of nitrogens with zero attached hydrogens (tertiary/aromatic N) is 1. The highest BCUT2D eigenvalue weighted by Gasteiger charge is 2.22. The fraction of sp³-hybridized carbons (Fsp3) is 0.250. The molecule has 0 saturated heterocycles. The van der Waals surface area contributed by atoms with Crippen LogP contribution in [0.25, 0.3) is 0 Å². The van der Waals surface area contributed by atoms with Gasteiger partial charge in [-0.15, -0.1) is 0 Å². The van der Waals surface area contributed by atoms with Crippen LogP contribution in [-0.4, -0.2) is 16.1 Å². The van der Waals surface area contributed by atoms with Crippen LogP contribution in [0.4, 0.5) is 19.0 Å². The Labute approximate surface area is 82.5 Å². The predicted octanol–water partition coefficient (Wildman–Crippen LogP) is 1.37. The van der Waals surface area contributed by atoms with Crippen LogP contribution in [0.1, 0.15) is 17.6 Å². The first-order valence-corrected chi connectivity index (χ1v) is 3.86. The number of pyridine rings is 1. The van der Waals surface area contributed by atoms with Gasteiger partial charge in [0.15, 0.2) is 0 Å². The zero-order valence-electron chi connectivity index (χ0n) is 7.38. The van der Waals surface area contributed by atoms with E-state index in [1.807, 2.05) is 0 Å². The molecule has 0 saturated carbocycles. The number of alkyl halides is 2. The Balaban J connectivity index is 3.22. The fourth-order valence-electron chi connectivity index (χ4n) is 1.05. The van der Waals surface area contributed by atoms with E-state index in [1.165, 1.54) is 0 Å². The first kappa shape index (κ1) is 11.3. The molecule has 15 heavy (non-hydrogen) atoms. The van der Waals surface area contributed by atoms with Gasteiger partial charge in [0.2, 0.25) is 0 Å². The number of hydrogen-bond donors (Lipinski definition) is 2. The third kappa shape index (κ3) is 2.36. The number of aliphatic carboxylic acids is 1. The summed E-state index contributed by atoms with van der Waals surface area (Å²) in [6, 6.07) is 0. The molecule has 0 atom stereocenters. The number of aromatic nitrogens is 1. The molecular weight excluding hydrogens is 213 g/mol. The maximum absolute atomic E-state index is 13.3. The number of carboxylic acid groups (broad SMARTS) is 1. The molecule has 4 nitrogen and oxygen atoms in total. The van der Waals surface area contributed by atoms with E-state index in [2.05, 4.69) is 4.98 Å².